The summed E-state index contributed by atoms with van der Waals surface area (Å²) in [6, 6.07) is 6.08. The minimum Gasteiger partial charge on any atom is -0.366 e. The number of nitrogens with zero attached hydrogens (tertiary/aromatic N) is 1. The second-order valence-corrected chi connectivity index (χ2v) is 4.84. The molecule has 1 N–H and O–H groups in total. The largest absolute Gasteiger partial charge is 0.366 e. The predicted molar refractivity (Wildman–Crippen MR) is 65.1 cm³/mol. The molecule has 0 radical (unpaired) electrons. The average molecular weight is 237 g/mol. The molecule has 1 amide bonds. The highest BCUT2D eigenvalue weighted by molar-refractivity contribution is 6.31. The quantitative estimate of drug-likeness (QED) is 0.751. The Bertz CT molecular complexity index is 447. The lowest BCUT2D eigenvalue weighted by Crippen LogP contribution is -2.29. The molecule has 16 heavy (non-hydrogen) atoms. The predicted octanol–water partition coefficient (Wildman–Crippen LogP) is 2.65. The van der Waals surface area contributed by atoms with Crippen molar-refractivity contribution in [2.45, 2.75) is 25.3 Å². The van der Waals surface area contributed by atoms with E-state index in [9.17, 15) is 4.79 Å². The number of carbonyl (C=O) groups is 1. The topological polar surface area (TPSA) is 32.3 Å². The maximum absolute atomic E-state index is 11.7. The van der Waals surface area contributed by atoms with E-state index in [0.717, 1.165) is 24.3 Å². The fraction of sp³-hybridized carbons (Fsp3) is 0.417. The van der Waals surface area contributed by atoms with Gasteiger partial charge in [0.15, 0.2) is 0 Å². The van der Waals surface area contributed by atoms with Gasteiger partial charge in [-0.2, -0.15) is 0 Å². The maximum Gasteiger partial charge on any atom is 0.226 e. The molecule has 3 nitrogen and oxygen atoms in total. The Morgan fingerprint density at radius 3 is 3.19 bits per heavy atom. The van der Waals surface area contributed by atoms with Crippen molar-refractivity contribution in [3.05, 3.63) is 23.2 Å². The van der Waals surface area contributed by atoms with E-state index in [2.05, 4.69) is 10.2 Å². The lowest BCUT2D eigenvalue weighted by molar-refractivity contribution is -0.116. The third kappa shape index (κ3) is 1.55. The number of amides is 1. The van der Waals surface area contributed by atoms with Crippen LogP contribution >= 0.6 is 11.6 Å². The van der Waals surface area contributed by atoms with E-state index in [1.807, 2.05) is 18.2 Å². The summed E-state index contributed by atoms with van der Waals surface area (Å²) in [6.45, 7) is 1.04. The molecule has 1 atom stereocenters. The van der Waals surface area contributed by atoms with E-state index < -0.39 is 0 Å². The van der Waals surface area contributed by atoms with Crippen LogP contribution in [0.4, 0.5) is 11.4 Å². The van der Waals surface area contributed by atoms with Gasteiger partial charge in [0.2, 0.25) is 5.91 Å². The highest BCUT2D eigenvalue weighted by Gasteiger charge is 2.31. The third-order valence-electron chi connectivity index (χ3n) is 3.34. The second-order valence-electron chi connectivity index (χ2n) is 4.40. The van der Waals surface area contributed by atoms with Gasteiger partial charge in [-0.15, -0.1) is 0 Å². The number of carbonyl (C=O) groups excluding carboxylic acids is 1. The Morgan fingerprint density at radius 1 is 1.44 bits per heavy atom. The molecular weight excluding hydrogens is 224 g/mol. The number of hydrogen-bond donors (Lipinski definition) is 1. The van der Waals surface area contributed by atoms with Crippen molar-refractivity contribution >= 4 is 28.9 Å². The van der Waals surface area contributed by atoms with Gasteiger partial charge in [-0.3, -0.25) is 4.79 Å². The molecule has 0 saturated carbocycles. The number of rotatable bonds is 0. The summed E-state index contributed by atoms with van der Waals surface area (Å²) in [5.41, 5.74) is 1.96. The van der Waals surface area contributed by atoms with Crippen LogP contribution in [0.25, 0.3) is 0 Å². The number of nitrogens with one attached hydrogen (secondary N) is 1. The van der Waals surface area contributed by atoms with E-state index in [0.29, 0.717) is 17.5 Å². The van der Waals surface area contributed by atoms with Crippen molar-refractivity contribution in [2.75, 3.05) is 16.8 Å². The fourth-order valence-corrected chi connectivity index (χ4v) is 2.81. The molecule has 2 aliphatic rings. The summed E-state index contributed by atoms with van der Waals surface area (Å²) in [4.78, 5) is 14.0. The molecule has 0 bridgehead atoms. The summed E-state index contributed by atoms with van der Waals surface area (Å²) < 4.78 is 0. The first-order chi connectivity index (χ1) is 7.74. The van der Waals surface area contributed by atoms with E-state index in [4.69, 9.17) is 11.6 Å². The van der Waals surface area contributed by atoms with Crippen molar-refractivity contribution in [1.29, 1.82) is 0 Å². The van der Waals surface area contributed by atoms with Gasteiger partial charge in [0.1, 0.15) is 0 Å². The first kappa shape index (κ1) is 9.97. The second kappa shape index (κ2) is 3.67. The number of fused-ring (bicyclic) bond motifs is 3. The molecule has 1 fully saturated rings. The van der Waals surface area contributed by atoms with Gasteiger partial charge in [-0.1, -0.05) is 11.6 Å². The van der Waals surface area contributed by atoms with Crippen LogP contribution in [0.3, 0.4) is 0 Å². The lowest BCUT2D eigenvalue weighted by Gasteiger charge is -2.24. The zero-order valence-electron chi connectivity index (χ0n) is 8.87. The maximum atomic E-state index is 11.7. The van der Waals surface area contributed by atoms with Crippen LogP contribution in [0.1, 0.15) is 19.3 Å². The zero-order chi connectivity index (χ0) is 11.1. The smallest absolute Gasteiger partial charge is 0.226 e. The van der Waals surface area contributed by atoms with Gasteiger partial charge in [0, 0.05) is 24.0 Å². The van der Waals surface area contributed by atoms with Gasteiger partial charge >= 0.3 is 0 Å². The van der Waals surface area contributed by atoms with Crippen LogP contribution in [0.15, 0.2) is 18.2 Å². The molecule has 0 aliphatic carbocycles. The molecule has 1 aromatic carbocycles. The molecule has 0 aromatic heterocycles. The minimum atomic E-state index is 0.0953. The molecule has 4 heteroatoms. The SMILES string of the molecule is O=C1CC2CCCN2c2ccc(Cl)cc2N1. The summed E-state index contributed by atoms with van der Waals surface area (Å²) >= 11 is 5.95. The van der Waals surface area contributed by atoms with Crippen LogP contribution in [0, 0.1) is 0 Å². The monoisotopic (exact) mass is 236 g/mol. The van der Waals surface area contributed by atoms with E-state index in [1.165, 1.54) is 6.42 Å². The highest BCUT2D eigenvalue weighted by Crippen LogP contribution is 2.37. The van der Waals surface area contributed by atoms with Crippen molar-refractivity contribution in [3.8, 4) is 0 Å². The van der Waals surface area contributed by atoms with Gasteiger partial charge < -0.3 is 10.2 Å². The first-order valence-electron chi connectivity index (χ1n) is 5.60. The van der Waals surface area contributed by atoms with Gasteiger partial charge in [0.05, 0.1) is 11.4 Å². The molecule has 1 unspecified atom stereocenters. The van der Waals surface area contributed by atoms with Crippen LogP contribution in [-0.4, -0.2) is 18.5 Å². The molecule has 2 heterocycles. The number of anilines is 2. The first-order valence-corrected chi connectivity index (χ1v) is 5.98. The Morgan fingerprint density at radius 2 is 2.31 bits per heavy atom. The average Bonchev–Trinajstić information content (AvgIpc) is 2.61. The number of halogens is 1. The van der Waals surface area contributed by atoms with Crippen molar-refractivity contribution < 1.29 is 4.79 Å². The highest BCUT2D eigenvalue weighted by atomic mass is 35.5. The van der Waals surface area contributed by atoms with Crippen LogP contribution < -0.4 is 10.2 Å². The Labute approximate surface area is 99.4 Å². The molecule has 84 valence electrons. The van der Waals surface area contributed by atoms with Crippen LogP contribution in [0.5, 0.6) is 0 Å². The van der Waals surface area contributed by atoms with E-state index in [1.54, 1.807) is 0 Å². The lowest BCUT2D eigenvalue weighted by atomic mass is 10.1. The fourth-order valence-electron chi connectivity index (χ4n) is 2.64. The number of hydrogen-bond acceptors (Lipinski definition) is 2. The molecule has 2 aliphatic heterocycles. The van der Waals surface area contributed by atoms with E-state index in [-0.39, 0.29) is 5.91 Å². The minimum absolute atomic E-state index is 0.0953. The van der Waals surface area contributed by atoms with Crippen molar-refractivity contribution in [2.24, 2.45) is 0 Å². The summed E-state index contributed by atoms with van der Waals surface area (Å²) in [5, 5.41) is 3.59. The van der Waals surface area contributed by atoms with Crippen LogP contribution in [-0.2, 0) is 4.79 Å². The van der Waals surface area contributed by atoms with Crippen LogP contribution in [0.2, 0.25) is 5.02 Å². The molecule has 3 rings (SSSR count). The Kier molecular flexibility index (Phi) is 2.28. The van der Waals surface area contributed by atoms with Gasteiger partial charge in [-0.25, -0.2) is 0 Å². The number of benzene rings is 1. The standard InChI is InChI=1S/C12H13ClN2O/c13-8-3-4-11-10(6-8)14-12(16)7-9-2-1-5-15(9)11/h3-4,6,9H,1-2,5,7H2,(H,14,16). The summed E-state index contributed by atoms with van der Waals surface area (Å²) in [6.07, 6.45) is 2.86. The Hall–Kier alpha value is -1.22. The van der Waals surface area contributed by atoms with Crippen molar-refractivity contribution in [3.63, 3.8) is 0 Å². The van der Waals surface area contributed by atoms with E-state index >= 15 is 0 Å². The zero-order valence-corrected chi connectivity index (χ0v) is 9.63. The molecular formula is C12H13ClN2O. The normalized spacial score (nSPS) is 23.4. The summed E-state index contributed by atoms with van der Waals surface area (Å²) in [5.74, 6) is 0.0953. The molecule has 1 aromatic rings. The Balaban J connectivity index is 2.09. The molecule has 1 saturated heterocycles. The third-order valence-corrected chi connectivity index (χ3v) is 3.58. The summed E-state index contributed by atoms with van der Waals surface area (Å²) in [7, 11) is 0. The van der Waals surface area contributed by atoms with Gasteiger partial charge in [-0.05, 0) is 31.0 Å². The molecule has 0 spiro atoms. The van der Waals surface area contributed by atoms with Gasteiger partial charge in [0.25, 0.3) is 0 Å². The van der Waals surface area contributed by atoms with Crippen molar-refractivity contribution in [1.82, 2.24) is 0 Å².